The molecule has 0 atom stereocenters. The van der Waals surface area contributed by atoms with Crippen LogP contribution in [-0.4, -0.2) is 65.7 Å². The second-order valence-corrected chi connectivity index (χ2v) is 7.42. The van der Waals surface area contributed by atoms with Crippen LogP contribution < -0.4 is 5.32 Å². The van der Waals surface area contributed by atoms with E-state index in [1.807, 2.05) is 26.2 Å². The smallest absolute Gasteiger partial charge is 0.193 e. The first kappa shape index (κ1) is 22.5. The molecule has 0 unspecified atom stereocenters. The summed E-state index contributed by atoms with van der Waals surface area (Å²) in [6, 6.07) is 6.83. The van der Waals surface area contributed by atoms with E-state index in [0.717, 1.165) is 79.6 Å². The molecule has 3 heterocycles. The summed E-state index contributed by atoms with van der Waals surface area (Å²) < 4.78 is 18.7. The summed E-state index contributed by atoms with van der Waals surface area (Å²) in [6.45, 7) is 7.20. The molecule has 1 aliphatic rings. The van der Waals surface area contributed by atoms with Crippen molar-refractivity contribution in [1.29, 1.82) is 0 Å². The molecule has 7 nitrogen and oxygen atoms in total. The monoisotopic (exact) mass is 526 g/mol. The number of aliphatic imine (C=N–C) groups is 1. The molecule has 0 aliphatic carbocycles. The van der Waals surface area contributed by atoms with Gasteiger partial charge >= 0.3 is 0 Å². The second-order valence-electron chi connectivity index (χ2n) is 7.42. The van der Waals surface area contributed by atoms with Gasteiger partial charge in [-0.2, -0.15) is 0 Å². The predicted octanol–water partition coefficient (Wildman–Crippen LogP) is 3.16. The van der Waals surface area contributed by atoms with E-state index in [9.17, 15) is 4.39 Å². The van der Waals surface area contributed by atoms with Gasteiger partial charge < -0.3 is 19.7 Å². The van der Waals surface area contributed by atoms with Gasteiger partial charge in [0.2, 0.25) is 0 Å². The van der Waals surface area contributed by atoms with Crippen molar-refractivity contribution in [3.8, 4) is 0 Å². The Labute approximate surface area is 192 Å². The fraction of sp³-hybridized carbons (Fsp3) is 0.429. The average molecular weight is 526 g/mol. The lowest BCUT2D eigenvalue weighted by Gasteiger charge is -2.36. The number of rotatable bonds is 5. The Morgan fingerprint density at radius 2 is 2.07 bits per heavy atom. The quantitative estimate of drug-likeness (QED) is 0.304. The summed E-state index contributed by atoms with van der Waals surface area (Å²) in [4.78, 5) is 12.3. The molecule has 1 saturated heterocycles. The molecule has 2 aromatic heterocycles. The molecular weight excluding hydrogens is 498 g/mol. The molecule has 9 heteroatoms. The van der Waals surface area contributed by atoms with E-state index < -0.39 is 0 Å². The molecule has 1 fully saturated rings. The van der Waals surface area contributed by atoms with Crippen molar-refractivity contribution in [3.63, 3.8) is 0 Å². The lowest BCUT2D eigenvalue weighted by Crippen LogP contribution is -2.52. The molecule has 0 amide bonds. The van der Waals surface area contributed by atoms with Crippen LogP contribution >= 0.6 is 24.0 Å². The van der Waals surface area contributed by atoms with Crippen molar-refractivity contribution in [2.24, 2.45) is 4.99 Å². The number of aryl methyl sites for hydroxylation is 1. The highest BCUT2D eigenvalue weighted by molar-refractivity contribution is 14.0. The molecule has 0 radical (unpaired) electrons. The lowest BCUT2D eigenvalue weighted by molar-refractivity contribution is 0.169. The number of halogens is 2. The Balaban J connectivity index is 0.00000256. The van der Waals surface area contributed by atoms with E-state index in [1.165, 1.54) is 6.07 Å². The van der Waals surface area contributed by atoms with Crippen LogP contribution in [0.15, 0.2) is 40.0 Å². The van der Waals surface area contributed by atoms with Gasteiger partial charge in [-0.25, -0.2) is 4.39 Å². The van der Waals surface area contributed by atoms with Crippen LogP contribution in [0.25, 0.3) is 10.9 Å². The molecule has 3 aromatic rings. The SMILES string of the molecule is CN=C(NCCc1c[nH]c2ccc(F)cc12)N1CCN(Cc2cc(C)on2)CC1.I. The second kappa shape index (κ2) is 10.3. The summed E-state index contributed by atoms with van der Waals surface area (Å²) >= 11 is 0. The van der Waals surface area contributed by atoms with Gasteiger partial charge in [-0.1, -0.05) is 5.16 Å². The third-order valence-corrected chi connectivity index (χ3v) is 5.35. The first-order chi connectivity index (χ1) is 14.1. The summed E-state index contributed by atoms with van der Waals surface area (Å²) in [5.41, 5.74) is 3.05. The highest BCUT2D eigenvalue weighted by Crippen LogP contribution is 2.19. The van der Waals surface area contributed by atoms with Crippen molar-refractivity contribution in [2.75, 3.05) is 39.8 Å². The number of nitrogens with zero attached hydrogens (tertiary/aromatic N) is 4. The van der Waals surface area contributed by atoms with Crippen LogP contribution in [0.4, 0.5) is 4.39 Å². The summed E-state index contributed by atoms with van der Waals surface area (Å²) in [6.07, 6.45) is 2.76. The zero-order valence-corrected chi connectivity index (χ0v) is 19.7. The van der Waals surface area contributed by atoms with Crippen LogP contribution in [-0.2, 0) is 13.0 Å². The third-order valence-electron chi connectivity index (χ3n) is 5.35. The highest BCUT2D eigenvalue weighted by atomic mass is 127. The highest BCUT2D eigenvalue weighted by Gasteiger charge is 2.20. The Bertz CT molecular complexity index is 992. The minimum atomic E-state index is -0.208. The molecule has 162 valence electrons. The third kappa shape index (κ3) is 5.31. The first-order valence-electron chi connectivity index (χ1n) is 9.98. The van der Waals surface area contributed by atoms with Crippen molar-refractivity contribution in [2.45, 2.75) is 19.9 Å². The molecule has 4 rings (SSSR count). The number of hydrogen-bond acceptors (Lipinski definition) is 4. The van der Waals surface area contributed by atoms with Crippen LogP contribution in [0, 0.1) is 12.7 Å². The number of piperazine rings is 1. The Kier molecular flexibility index (Phi) is 7.70. The number of H-pyrrole nitrogens is 1. The Hall–Kier alpha value is -2.14. The number of hydrogen-bond donors (Lipinski definition) is 2. The number of aromatic nitrogens is 2. The van der Waals surface area contributed by atoms with Gasteiger partial charge in [-0.3, -0.25) is 9.89 Å². The zero-order chi connectivity index (χ0) is 20.2. The number of fused-ring (bicyclic) bond motifs is 1. The molecule has 1 aliphatic heterocycles. The maximum atomic E-state index is 13.5. The van der Waals surface area contributed by atoms with Gasteiger partial charge in [-0.15, -0.1) is 24.0 Å². The van der Waals surface area contributed by atoms with E-state index in [1.54, 1.807) is 12.1 Å². The van der Waals surface area contributed by atoms with Crippen LogP contribution in [0.1, 0.15) is 17.0 Å². The molecule has 0 spiro atoms. The van der Waals surface area contributed by atoms with Gasteiger partial charge in [-0.05, 0) is 37.1 Å². The Morgan fingerprint density at radius 1 is 1.27 bits per heavy atom. The summed E-state index contributed by atoms with van der Waals surface area (Å²) in [7, 11) is 1.81. The molecule has 0 saturated carbocycles. The minimum absolute atomic E-state index is 0. The average Bonchev–Trinajstić information content (AvgIpc) is 3.32. The fourth-order valence-electron chi connectivity index (χ4n) is 3.84. The van der Waals surface area contributed by atoms with Crippen molar-refractivity contribution >= 4 is 40.8 Å². The number of guanidine groups is 1. The van der Waals surface area contributed by atoms with Crippen molar-refractivity contribution < 1.29 is 8.91 Å². The van der Waals surface area contributed by atoms with Gasteiger partial charge in [0, 0.05) is 69.5 Å². The van der Waals surface area contributed by atoms with E-state index >= 15 is 0 Å². The maximum absolute atomic E-state index is 13.5. The molecule has 0 bridgehead atoms. The molecule has 30 heavy (non-hydrogen) atoms. The number of aromatic amines is 1. The standard InChI is InChI=1S/C21H27FN6O.HI/c1-15-11-18(26-29-15)14-27-7-9-28(10-8-27)21(23-2)24-6-5-16-13-25-20-4-3-17(22)12-19(16)20;/h3-4,11-13,25H,5-10,14H2,1-2H3,(H,23,24);1H. The van der Waals surface area contributed by atoms with Gasteiger partial charge in [0.1, 0.15) is 11.6 Å². The fourth-order valence-corrected chi connectivity index (χ4v) is 3.84. The van der Waals surface area contributed by atoms with Crippen molar-refractivity contribution in [1.82, 2.24) is 25.3 Å². The molecular formula is C21H28FIN6O. The largest absolute Gasteiger partial charge is 0.361 e. The molecule has 2 N–H and O–H groups in total. The van der Waals surface area contributed by atoms with E-state index in [2.05, 4.69) is 30.2 Å². The molecule has 1 aromatic carbocycles. The van der Waals surface area contributed by atoms with Gasteiger partial charge in [0.25, 0.3) is 0 Å². The van der Waals surface area contributed by atoms with E-state index in [-0.39, 0.29) is 29.8 Å². The number of benzene rings is 1. The van der Waals surface area contributed by atoms with Gasteiger partial charge in [0.15, 0.2) is 5.96 Å². The van der Waals surface area contributed by atoms with Gasteiger partial charge in [0.05, 0.1) is 5.69 Å². The summed E-state index contributed by atoms with van der Waals surface area (Å²) in [5, 5.41) is 8.47. The van der Waals surface area contributed by atoms with Crippen LogP contribution in [0.2, 0.25) is 0 Å². The van der Waals surface area contributed by atoms with Crippen molar-refractivity contribution in [3.05, 3.63) is 53.3 Å². The Morgan fingerprint density at radius 3 is 2.77 bits per heavy atom. The first-order valence-corrected chi connectivity index (χ1v) is 9.98. The predicted molar refractivity (Wildman–Crippen MR) is 127 cm³/mol. The number of nitrogens with one attached hydrogen (secondary N) is 2. The zero-order valence-electron chi connectivity index (χ0n) is 17.3. The summed E-state index contributed by atoms with van der Waals surface area (Å²) in [5.74, 6) is 1.55. The minimum Gasteiger partial charge on any atom is -0.361 e. The van der Waals surface area contributed by atoms with E-state index in [0.29, 0.717) is 0 Å². The normalized spacial score (nSPS) is 15.4. The van der Waals surface area contributed by atoms with E-state index in [4.69, 9.17) is 4.52 Å². The van der Waals surface area contributed by atoms with Crippen LogP contribution in [0.3, 0.4) is 0 Å². The topological polar surface area (TPSA) is 72.7 Å². The maximum Gasteiger partial charge on any atom is 0.193 e. The van der Waals surface area contributed by atoms with Crippen LogP contribution in [0.5, 0.6) is 0 Å². The lowest BCUT2D eigenvalue weighted by atomic mass is 10.1.